The Hall–Kier alpha value is -1.74. The smallest absolute Gasteiger partial charge is 0.252 e. The van der Waals surface area contributed by atoms with Gasteiger partial charge in [-0.2, -0.15) is 0 Å². The maximum atomic E-state index is 12.3. The number of thioether (sulfide) groups is 1. The van der Waals surface area contributed by atoms with Gasteiger partial charge in [-0.1, -0.05) is 30.3 Å². The molecule has 0 unspecified atom stereocenters. The van der Waals surface area contributed by atoms with E-state index in [1.165, 1.54) is 4.90 Å². The van der Waals surface area contributed by atoms with Crippen LogP contribution in [-0.4, -0.2) is 12.2 Å². The first kappa shape index (κ1) is 14.7. The molecule has 0 fully saturated rings. The summed E-state index contributed by atoms with van der Waals surface area (Å²) in [6, 6.07) is 15.9. The van der Waals surface area contributed by atoms with Crippen molar-refractivity contribution in [1.82, 2.24) is 5.32 Å². The lowest BCUT2D eigenvalue weighted by Crippen LogP contribution is -2.27. The third-order valence-corrected chi connectivity index (χ3v) is 4.10. The minimum absolute atomic E-state index is 0.00184. The van der Waals surface area contributed by atoms with E-state index in [9.17, 15) is 4.79 Å². The standard InChI is InChI=1S/C17H19NOS/c1-12-6-4-5-7-16(12)17(19)18-13(2)14-8-10-15(20-3)11-9-14/h4-11,13H,1-3H3,(H,18,19)/t13-/m0/s1. The second kappa shape index (κ2) is 6.62. The van der Waals surface area contributed by atoms with Crippen LogP contribution in [-0.2, 0) is 0 Å². The van der Waals surface area contributed by atoms with E-state index >= 15 is 0 Å². The molecule has 0 heterocycles. The Labute approximate surface area is 124 Å². The van der Waals surface area contributed by atoms with Gasteiger partial charge < -0.3 is 5.32 Å². The van der Waals surface area contributed by atoms with Gasteiger partial charge in [0.1, 0.15) is 0 Å². The molecule has 0 radical (unpaired) electrons. The molecule has 0 aliphatic rings. The largest absolute Gasteiger partial charge is 0.346 e. The molecule has 2 nitrogen and oxygen atoms in total. The molecule has 0 spiro atoms. The highest BCUT2D eigenvalue weighted by Gasteiger charge is 2.12. The van der Waals surface area contributed by atoms with Crippen LogP contribution in [0.15, 0.2) is 53.4 Å². The lowest BCUT2D eigenvalue weighted by atomic mass is 10.1. The zero-order chi connectivity index (χ0) is 14.5. The van der Waals surface area contributed by atoms with Crippen LogP contribution in [0.3, 0.4) is 0 Å². The molecule has 3 heteroatoms. The van der Waals surface area contributed by atoms with Gasteiger partial charge >= 0.3 is 0 Å². The van der Waals surface area contributed by atoms with Crippen LogP contribution in [0.5, 0.6) is 0 Å². The first-order chi connectivity index (χ1) is 9.61. The monoisotopic (exact) mass is 285 g/mol. The summed E-state index contributed by atoms with van der Waals surface area (Å²) in [7, 11) is 0. The molecule has 0 saturated carbocycles. The summed E-state index contributed by atoms with van der Waals surface area (Å²) in [6.45, 7) is 3.96. The third kappa shape index (κ3) is 3.42. The highest BCUT2D eigenvalue weighted by atomic mass is 32.2. The molecule has 20 heavy (non-hydrogen) atoms. The molecule has 0 bridgehead atoms. The number of carbonyl (C=O) groups excluding carboxylic acids is 1. The number of carbonyl (C=O) groups is 1. The van der Waals surface area contributed by atoms with Crippen molar-refractivity contribution in [2.24, 2.45) is 0 Å². The Bertz CT molecular complexity index is 592. The van der Waals surface area contributed by atoms with E-state index in [-0.39, 0.29) is 11.9 Å². The molecule has 1 atom stereocenters. The van der Waals surface area contributed by atoms with Gasteiger partial charge in [0.15, 0.2) is 0 Å². The summed E-state index contributed by atoms with van der Waals surface area (Å²) in [4.78, 5) is 13.5. The van der Waals surface area contributed by atoms with Gasteiger partial charge in [-0.25, -0.2) is 0 Å². The van der Waals surface area contributed by atoms with Crippen LogP contribution in [0.4, 0.5) is 0 Å². The highest BCUT2D eigenvalue weighted by molar-refractivity contribution is 7.98. The number of benzene rings is 2. The summed E-state index contributed by atoms with van der Waals surface area (Å²) in [5, 5.41) is 3.05. The van der Waals surface area contributed by atoms with E-state index in [0.29, 0.717) is 0 Å². The quantitative estimate of drug-likeness (QED) is 0.853. The van der Waals surface area contributed by atoms with E-state index in [1.54, 1.807) is 11.8 Å². The van der Waals surface area contributed by atoms with E-state index in [1.807, 2.05) is 38.1 Å². The maximum absolute atomic E-state index is 12.3. The molecular weight excluding hydrogens is 266 g/mol. The molecule has 2 aromatic rings. The van der Waals surface area contributed by atoms with E-state index in [2.05, 4.69) is 35.8 Å². The number of hydrogen-bond donors (Lipinski definition) is 1. The predicted molar refractivity (Wildman–Crippen MR) is 85.3 cm³/mol. The van der Waals surface area contributed by atoms with Crippen molar-refractivity contribution in [2.75, 3.05) is 6.26 Å². The zero-order valence-electron chi connectivity index (χ0n) is 12.0. The van der Waals surface area contributed by atoms with Crippen molar-refractivity contribution in [1.29, 1.82) is 0 Å². The molecule has 0 aliphatic heterocycles. The SMILES string of the molecule is CSc1ccc([C@H](C)NC(=O)c2ccccc2C)cc1. The Balaban J connectivity index is 2.09. The van der Waals surface area contributed by atoms with Crippen molar-refractivity contribution in [3.8, 4) is 0 Å². The van der Waals surface area contributed by atoms with Gasteiger partial charge in [0, 0.05) is 10.5 Å². The number of aryl methyl sites for hydroxylation is 1. The minimum Gasteiger partial charge on any atom is -0.346 e. The van der Waals surface area contributed by atoms with Crippen LogP contribution in [0, 0.1) is 6.92 Å². The molecule has 0 aliphatic carbocycles. The number of amides is 1. The predicted octanol–water partition coefficient (Wildman–Crippen LogP) is 4.21. The van der Waals surface area contributed by atoms with Gasteiger partial charge in [-0.15, -0.1) is 11.8 Å². The Morgan fingerprint density at radius 3 is 2.35 bits per heavy atom. The topological polar surface area (TPSA) is 29.1 Å². The summed E-state index contributed by atoms with van der Waals surface area (Å²) in [6.07, 6.45) is 2.05. The summed E-state index contributed by atoms with van der Waals surface area (Å²) >= 11 is 1.71. The average molecular weight is 285 g/mol. The first-order valence-electron chi connectivity index (χ1n) is 6.62. The van der Waals surface area contributed by atoms with Gasteiger partial charge in [-0.05, 0) is 49.4 Å². The van der Waals surface area contributed by atoms with Crippen LogP contribution in [0.25, 0.3) is 0 Å². The number of rotatable bonds is 4. The molecule has 0 aromatic heterocycles. The lowest BCUT2D eigenvalue weighted by molar-refractivity contribution is 0.0939. The molecule has 1 amide bonds. The van der Waals surface area contributed by atoms with E-state index < -0.39 is 0 Å². The Morgan fingerprint density at radius 1 is 1.10 bits per heavy atom. The van der Waals surface area contributed by atoms with E-state index in [0.717, 1.165) is 16.7 Å². The third-order valence-electron chi connectivity index (χ3n) is 3.35. The van der Waals surface area contributed by atoms with Crippen LogP contribution in [0.1, 0.15) is 34.5 Å². The second-order valence-corrected chi connectivity index (χ2v) is 5.66. The Morgan fingerprint density at radius 2 is 1.75 bits per heavy atom. The first-order valence-corrected chi connectivity index (χ1v) is 7.84. The summed E-state index contributed by atoms with van der Waals surface area (Å²) < 4.78 is 0. The van der Waals surface area contributed by atoms with Crippen molar-refractivity contribution in [2.45, 2.75) is 24.8 Å². The second-order valence-electron chi connectivity index (χ2n) is 4.78. The fourth-order valence-corrected chi connectivity index (χ4v) is 2.49. The van der Waals surface area contributed by atoms with Crippen molar-refractivity contribution in [3.05, 3.63) is 65.2 Å². The maximum Gasteiger partial charge on any atom is 0.252 e. The van der Waals surface area contributed by atoms with Gasteiger partial charge in [0.2, 0.25) is 0 Å². The van der Waals surface area contributed by atoms with Crippen LogP contribution < -0.4 is 5.32 Å². The van der Waals surface area contributed by atoms with Gasteiger partial charge in [-0.3, -0.25) is 4.79 Å². The molecule has 104 valence electrons. The zero-order valence-corrected chi connectivity index (χ0v) is 12.8. The van der Waals surface area contributed by atoms with E-state index in [4.69, 9.17) is 0 Å². The molecule has 0 saturated heterocycles. The normalized spacial score (nSPS) is 11.9. The average Bonchev–Trinajstić information content (AvgIpc) is 2.47. The lowest BCUT2D eigenvalue weighted by Gasteiger charge is -2.15. The minimum atomic E-state index is -0.0236. The molecule has 2 rings (SSSR count). The molecular formula is C17H19NOS. The summed E-state index contributed by atoms with van der Waals surface area (Å²) in [5.74, 6) is -0.0236. The fraction of sp³-hybridized carbons (Fsp3) is 0.235. The summed E-state index contributed by atoms with van der Waals surface area (Å²) in [5.41, 5.74) is 2.85. The fourth-order valence-electron chi connectivity index (χ4n) is 2.08. The Kier molecular flexibility index (Phi) is 4.85. The molecule has 2 aromatic carbocycles. The van der Waals surface area contributed by atoms with Gasteiger partial charge in [0.25, 0.3) is 5.91 Å². The van der Waals surface area contributed by atoms with Gasteiger partial charge in [0.05, 0.1) is 6.04 Å². The molecule has 1 N–H and O–H groups in total. The van der Waals surface area contributed by atoms with Crippen molar-refractivity contribution in [3.63, 3.8) is 0 Å². The van der Waals surface area contributed by atoms with Crippen molar-refractivity contribution >= 4 is 17.7 Å². The van der Waals surface area contributed by atoms with Crippen LogP contribution >= 0.6 is 11.8 Å². The number of nitrogens with one attached hydrogen (secondary N) is 1. The number of hydrogen-bond acceptors (Lipinski definition) is 2. The van der Waals surface area contributed by atoms with Crippen molar-refractivity contribution < 1.29 is 4.79 Å². The highest BCUT2D eigenvalue weighted by Crippen LogP contribution is 2.19. The van der Waals surface area contributed by atoms with Crippen LogP contribution in [0.2, 0.25) is 0 Å².